The number of nitriles is 1. The van der Waals surface area contributed by atoms with Crippen LogP contribution in [0.2, 0.25) is 0 Å². The molecule has 0 aliphatic heterocycles. The molecule has 1 amide bonds. The monoisotopic (exact) mass is 251 g/mol. The van der Waals surface area contributed by atoms with E-state index in [1.54, 1.807) is 24.3 Å². The van der Waals surface area contributed by atoms with Gasteiger partial charge in [0.25, 0.3) is 0 Å². The molecule has 1 aromatic heterocycles. The number of benzene rings is 1. The van der Waals surface area contributed by atoms with Crippen LogP contribution in [0.15, 0.2) is 48.8 Å². The van der Waals surface area contributed by atoms with Crippen molar-refractivity contribution in [2.45, 2.75) is 6.54 Å². The molecule has 2 aromatic rings. The third-order valence-corrected chi connectivity index (χ3v) is 2.57. The number of hydrogen-bond donors (Lipinski definition) is 2. The number of H-pyrrole nitrogens is 1. The third-order valence-electron chi connectivity index (χ3n) is 2.57. The van der Waals surface area contributed by atoms with Gasteiger partial charge in [0.2, 0.25) is 5.91 Å². The van der Waals surface area contributed by atoms with Crippen LogP contribution < -0.4 is 5.32 Å². The molecule has 4 nitrogen and oxygen atoms in total. The van der Waals surface area contributed by atoms with E-state index in [1.165, 1.54) is 6.08 Å². The molecule has 1 heterocycles. The summed E-state index contributed by atoms with van der Waals surface area (Å²) in [6.07, 6.45) is 6.79. The normalized spacial score (nSPS) is 10.3. The van der Waals surface area contributed by atoms with Crippen LogP contribution in [0.5, 0.6) is 0 Å². The number of rotatable bonds is 4. The summed E-state index contributed by atoms with van der Waals surface area (Å²) in [5.41, 5.74) is 2.43. The fourth-order valence-corrected chi connectivity index (χ4v) is 1.60. The lowest BCUT2D eigenvalue weighted by Gasteiger charge is -1.99. The maximum absolute atomic E-state index is 11.6. The predicted molar refractivity (Wildman–Crippen MR) is 72.8 cm³/mol. The molecule has 0 bridgehead atoms. The summed E-state index contributed by atoms with van der Waals surface area (Å²) in [6, 6.07) is 11.1. The summed E-state index contributed by atoms with van der Waals surface area (Å²) >= 11 is 0. The number of hydrogen-bond acceptors (Lipinski definition) is 2. The number of carbonyl (C=O) groups excluding carboxylic acids is 1. The number of nitrogens with one attached hydrogen (secondary N) is 2. The summed E-state index contributed by atoms with van der Waals surface area (Å²) in [5, 5.41) is 11.5. The van der Waals surface area contributed by atoms with Crippen molar-refractivity contribution in [1.29, 1.82) is 5.26 Å². The van der Waals surface area contributed by atoms with Crippen LogP contribution in [0.3, 0.4) is 0 Å². The van der Waals surface area contributed by atoms with Crippen LogP contribution >= 0.6 is 0 Å². The highest BCUT2D eigenvalue weighted by Gasteiger charge is 1.97. The smallest absolute Gasteiger partial charge is 0.244 e. The Morgan fingerprint density at radius 1 is 1.42 bits per heavy atom. The van der Waals surface area contributed by atoms with Crippen molar-refractivity contribution in [3.63, 3.8) is 0 Å². The van der Waals surface area contributed by atoms with Gasteiger partial charge in [0.05, 0.1) is 11.6 Å². The van der Waals surface area contributed by atoms with Crippen molar-refractivity contribution in [2.24, 2.45) is 0 Å². The molecular formula is C15H13N3O. The van der Waals surface area contributed by atoms with Gasteiger partial charge in [-0.1, -0.05) is 12.1 Å². The Morgan fingerprint density at radius 2 is 2.32 bits per heavy atom. The van der Waals surface area contributed by atoms with Gasteiger partial charge >= 0.3 is 0 Å². The Morgan fingerprint density at radius 3 is 3.05 bits per heavy atom. The molecule has 0 saturated carbocycles. The van der Waals surface area contributed by atoms with E-state index in [-0.39, 0.29) is 5.91 Å². The molecule has 4 heteroatoms. The highest BCUT2D eigenvalue weighted by atomic mass is 16.1. The van der Waals surface area contributed by atoms with E-state index < -0.39 is 0 Å². The maximum atomic E-state index is 11.6. The first-order chi connectivity index (χ1) is 9.28. The molecule has 2 rings (SSSR count). The topological polar surface area (TPSA) is 68.7 Å². The maximum Gasteiger partial charge on any atom is 0.244 e. The van der Waals surface area contributed by atoms with Crippen molar-refractivity contribution in [3.05, 3.63) is 65.5 Å². The van der Waals surface area contributed by atoms with Gasteiger partial charge in [-0.25, -0.2) is 0 Å². The first-order valence-electron chi connectivity index (χ1n) is 5.85. The Balaban J connectivity index is 1.91. The van der Waals surface area contributed by atoms with Gasteiger partial charge < -0.3 is 10.3 Å². The largest absolute Gasteiger partial charge is 0.367 e. The third kappa shape index (κ3) is 3.86. The fraction of sp³-hybridized carbons (Fsp3) is 0.0667. The van der Waals surface area contributed by atoms with Crippen LogP contribution in [0, 0.1) is 11.3 Å². The van der Waals surface area contributed by atoms with Gasteiger partial charge in [-0.2, -0.15) is 5.26 Å². The van der Waals surface area contributed by atoms with Crippen LogP contribution in [0.25, 0.3) is 6.08 Å². The fourth-order valence-electron chi connectivity index (χ4n) is 1.60. The van der Waals surface area contributed by atoms with Gasteiger partial charge in [-0.3, -0.25) is 4.79 Å². The zero-order valence-corrected chi connectivity index (χ0v) is 10.3. The Kier molecular flexibility index (Phi) is 4.14. The highest BCUT2D eigenvalue weighted by Crippen LogP contribution is 2.05. The molecule has 19 heavy (non-hydrogen) atoms. The Hall–Kier alpha value is -2.80. The molecule has 2 N–H and O–H groups in total. The minimum Gasteiger partial charge on any atom is -0.367 e. The molecule has 0 saturated heterocycles. The van der Waals surface area contributed by atoms with E-state index in [1.807, 2.05) is 24.5 Å². The Labute approximate surface area is 111 Å². The van der Waals surface area contributed by atoms with E-state index in [4.69, 9.17) is 5.26 Å². The zero-order valence-electron chi connectivity index (χ0n) is 10.3. The molecule has 0 aliphatic rings. The predicted octanol–water partition coefficient (Wildman–Crippen LogP) is 2.22. The van der Waals surface area contributed by atoms with Crippen LogP contribution in [0.4, 0.5) is 0 Å². The SMILES string of the molecule is N#Cc1cccc(/C=C/C(=O)NCc2cc[nH]c2)c1. The summed E-state index contributed by atoms with van der Waals surface area (Å²) in [4.78, 5) is 14.5. The minimum atomic E-state index is -0.163. The lowest BCUT2D eigenvalue weighted by molar-refractivity contribution is -0.116. The molecule has 0 spiro atoms. The minimum absolute atomic E-state index is 0.163. The second-order valence-corrected chi connectivity index (χ2v) is 4.01. The Bertz CT molecular complexity index is 621. The van der Waals surface area contributed by atoms with Gasteiger partial charge in [0.1, 0.15) is 0 Å². The van der Waals surface area contributed by atoms with Crippen molar-refractivity contribution < 1.29 is 4.79 Å². The van der Waals surface area contributed by atoms with Crippen molar-refractivity contribution in [3.8, 4) is 6.07 Å². The lowest BCUT2D eigenvalue weighted by Crippen LogP contribution is -2.19. The molecule has 0 aliphatic carbocycles. The van der Waals surface area contributed by atoms with Crippen LogP contribution in [-0.2, 0) is 11.3 Å². The van der Waals surface area contributed by atoms with E-state index >= 15 is 0 Å². The van der Waals surface area contributed by atoms with E-state index in [0.29, 0.717) is 12.1 Å². The van der Waals surface area contributed by atoms with E-state index in [9.17, 15) is 4.79 Å². The number of aromatic nitrogens is 1. The summed E-state index contributed by atoms with van der Waals surface area (Å²) in [6.45, 7) is 0.491. The number of carbonyl (C=O) groups is 1. The molecule has 0 radical (unpaired) electrons. The van der Waals surface area contributed by atoms with E-state index in [2.05, 4.69) is 16.4 Å². The zero-order chi connectivity index (χ0) is 13.5. The van der Waals surface area contributed by atoms with E-state index in [0.717, 1.165) is 11.1 Å². The van der Waals surface area contributed by atoms with Crippen molar-refractivity contribution in [1.82, 2.24) is 10.3 Å². The summed E-state index contributed by atoms with van der Waals surface area (Å²) < 4.78 is 0. The molecule has 0 unspecified atom stereocenters. The van der Waals surface area contributed by atoms with Gasteiger partial charge in [-0.15, -0.1) is 0 Å². The van der Waals surface area contributed by atoms with Crippen molar-refractivity contribution >= 4 is 12.0 Å². The van der Waals surface area contributed by atoms with Crippen LogP contribution in [-0.4, -0.2) is 10.9 Å². The highest BCUT2D eigenvalue weighted by molar-refractivity contribution is 5.91. The second-order valence-electron chi connectivity index (χ2n) is 4.01. The van der Waals surface area contributed by atoms with Gasteiger partial charge in [0, 0.05) is 25.0 Å². The summed E-state index contributed by atoms with van der Waals surface area (Å²) in [5.74, 6) is -0.163. The van der Waals surface area contributed by atoms with Crippen LogP contribution in [0.1, 0.15) is 16.7 Å². The number of amides is 1. The number of aromatic amines is 1. The second kappa shape index (κ2) is 6.22. The molecule has 0 atom stereocenters. The van der Waals surface area contributed by atoms with Crippen molar-refractivity contribution in [2.75, 3.05) is 0 Å². The lowest BCUT2D eigenvalue weighted by atomic mass is 10.1. The average molecular weight is 251 g/mol. The standard InChI is InChI=1S/C15H13N3O/c16-9-13-3-1-2-12(8-13)4-5-15(19)18-11-14-6-7-17-10-14/h1-8,10,17H,11H2,(H,18,19)/b5-4+. The average Bonchev–Trinajstić information content (AvgIpc) is 2.96. The first-order valence-corrected chi connectivity index (χ1v) is 5.85. The van der Waals surface area contributed by atoms with Gasteiger partial charge in [-0.05, 0) is 35.4 Å². The van der Waals surface area contributed by atoms with Gasteiger partial charge in [0.15, 0.2) is 0 Å². The summed E-state index contributed by atoms with van der Waals surface area (Å²) in [7, 11) is 0. The first kappa shape index (κ1) is 12.7. The molecule has 94 valence electrons. The molecule has 1 aromatic carbocycles. The number of nitrogens with zero attached hydrogens (tertiary/aromatic N) is 1. The molecule has 0 fully saturated rings. The quantitative estimate of drug-likeness (QED) is 0.818. The molecular weight excluding hydrogens is 238 g/mol.